The van der Waals surface area contributed by atoms with Gasteiger partial charge < -0.3 is 0 Å². The fraction of sp³-hybridized carbons (Fsp3) is 0.286. The van der Waals surface area contributed by atoms with Gasteiger partial charge in [-0.1, -0.05) is 12.2 Å². The van der Waals surface area contributed by atoms with Crippen LogP contribution in [0.3, 0.4) is 0 Å². The van der Waals surface area contributed by atoms with Crippen LogP contribution in [0, 0.1) is 4.64 Å². The first-order valence-corrected chi connectivity index (χ1v) is 4.11. The van der Waals surface area contributed by atoms with Crippen molar-refractivity contribution in [3.05, 3.63) is 23.5 Å². The highest BCUT2D eigenvalue weighted by atomic mass is 32.1. The molecule has 0 aliphatic heterocycles. The molecule has 2 aromatic heterocycles. The molecule has 0 saturated heterocycles. The van der Waals surface area contributed by atoms with Gasteiger partial charge in [-0.3, -0.25) is 9.08 Å². The molecule has 0 spiro atoms. The number of aryl methyl sites for hydroxylation is 1. The lowest BCUT2D eigenvalue weighted by Crippen LogP contribution is -2.04. The lowest BCUT2D eigenvalue weighted by Gasteiger charge is -2.01. The zero-order valence-corrected chi connectivity index (χ0v) is 7.45. The second-order valence-electron chi connectivity index (χ2n) is 2.44. The third-order valence-electron chi connectivity index (χ3n) is 1.73. The van der Waals surface area contributed by atoms with Gasteiger partial charge in [0.05, 0.1) is 6.20 Å². The molecule has 0 fully saturated rings. The Labute approximate surface area is 74.5 Å². The minimum atomic E-state index is 0.734. The van der Waals surface area contributed by atoms with Gasteiger partial charge in [0, 0.05) is 6.54 Å². The number of nitrogens with zero attached hydrogens (tertiary/aromatic N) is 4. The summed E-state index contributed by atoms with van der Waals surface area (Å²) in [7, 11) is 0. The quantitative estimate of drug-likeness (QED) is 0.620. The van der Waals surface area contributed by atoms with E-state index in [4.69, 9.17) is 12.2 Å². The van der Waals surface area contributed by atoms with E-state index < -0.39 is 0 Å². The van der Waals surface area contributed by atoms with Gasteiger partial charge in [0.1, 0.15) is 22.8 Å². The Hall–Kier alpha value is -1.23. The van der Waals surface area contributed by atoms with Crippen LogP contribution in [-0.2, 0) is 6.54 Å². The molecule has 0 aliphatic carbocycles. The number of rotatable bonds is 1. The Bertz CT molecular complexity index is 456. The predicted octanol–water partition coefficient (Wildman–Crippen LogP) is 1.28. The van der Waals surface area contributed by atoms with Gasteiger partial charge >= 0.3 is 0 Å². The van der Waals surface area contributed by atoms with Crippen molar-refractivity contribution in [3.8, 4) is 0 Å². The van der Waals surface area contributed by atoms with Crippen LogP contribution in [-0.4, -0.2) is 19.2 Å². The van der Waals surface area contributed by atoms with Crippen LogP contribution in [0.4, 0.5) is 0 Å². The molecule has 0 unspecified atom stereocenters. The molecule has 2 aromatic rings. The summed E-state index contributed by atoms with van der Waals surface area (Å²) in [6.07, 6.45) is 5.15. The first-order valence-electron chi connectivity index (χ1n) is 3.70. The van der Waals surface area contributed by atoms with Gasteiger partial charge in [-0.05, 0) is 6.92 Å². The van der Waals surface area contributed by atoms with E-state index in [1.807, 2.05) is 11.3 Å². The van der Waals surface area contributed by atoms with E-state index in [9.17, 15) is 0 Å². The molecular formula is C7H8N4S. The molecule has 0 bridgehead atoms. The molecule has 0 radical (unpaired) electrons. The van der Waals surface area contributed by atoms with Crippen molar-refractivity contribution in [2.45, 2.75) is 13.5 Å². The molecular weight excluding hydrogens is 172 g/mol. The summed E-state index contributed by atoms with van der Waals surface area (Å²) in [5.74, 6) is 0. The van der Waals surface area contributed by atoms with Gasteiger partial charge in [0.25, 0.3) is 0 Å². The van der Waals surface area contributed by atoms with E-state index in [0.717, 1.165) is 16.7 Å². The highest BCUT2D eigenvalue weighted by Crippen LogP contribution is 2.02. The second kappa shape index (κ2) is 2.67. The summed E-state index contributed by atoms with van der Waals surface area (Å²) in [6, 6.07) is 0. The summed E-state index contributed by atoms with van der Waals surface area (Å²) in [4.78, 5) is 3.98. The van der Waals surface area contributed by atoms with Gasteiger partial charge in [-0.15, -0.1) is 0 Å². The summed E-state index contributed by atoms with van der Waals surface area (Å²) in [6.45, 7) is 2.80. The summed E-state index contributed by atoms with van der Waals surface area (Å²) in [5.41, 5.74) is 0.932. The largest absolute Gasteiger partial charge is 0.285 e. The smallest absolute Gasteiger partial charge is 0.148 e. The van der Waals surface area contributed by atoms with Crippen LogP contribution in [0.25, 0.3) is 5.52 Å². The minimum Gasteiger partial charge on any atom is -0.285 e. The first kappa shape index (κ1) is 7.42. The van der Waals surface area contributed by atoms with Crippen LogP contribution < -0.4 is 0 Å². The molecule has 12 heavy (non-hydrogen) atoms. The Morgan fingerprint density at radius 2 is 2.33 bits per heavy atom. The Kier molecular flexibility index (Phi) is 1.65. The van der Waals surface area contributed by atoms with Crippen LogP contribution >= 0.6 is 12.2 Å². The SMILES string of the molecule is CCn1ncn2cncc2c1=S. The van der Waals surface area contributed by atoms with Gasteiger partial charge in [-0.2, -0.15) is 5.10 Å². The third kappa shape index (κ3) is 0.937. The zero-order chi connectivity index (χ0) is 8.55. The zero-order valence-electron chi connectivity index (χ0n) is 6.64. The molecule has 0 N–H and O–H groups in total. The summed E-state index contributed by atoms with van der Waals surface area (Å²) in [5, 5.41) is 4.13. The number of hydrogen-bond acceptors (Lipinski definition) is 3. The van der Waals surface area contributed by atoms with E-state index >= 15 is 0 Å². The number of fused-ring (bicyclic) bond motifs is 1. The van der Waals surface area contributed by atoms with E-state index in [2.05, 4.69) is 10.1 Å². The average Bonchev–Trinajstić information content (AvgIpc) is 2.53. The number of imidazole rings is 1. The molecule has 5 heteroatoms. The highest BCUT2D eigenvalue weighted by Gasteiger charge is 1.97. The molecule has 0 saturated carbocycles. The topological polar surface area (TPSA) is 35.1 Å². The lowest BCUT2D eigenvalue weighted by molar-refractivity contribution is 0.620. The first-order chi connectivity index (χ1) is 5.83. The minimum absolute atomic E-state index is 0.734. The van der Waals surface area contributed by atoms with Crippen molar-refractivity contribution < 1.29 is 0 Å². The predicted molar refractivity (Wildman–Crippen MR) is 47.5 cm³/mol. The molecule has 0 atom stereocenters. The highest BCUT2D eigenvalue weighted by molar-refractivity contribution is 7.71. The van der Waals surface area contributed by atoms with Crippen molar-refractivity contribution in [1.82, 2.24) is 19.2 Å². The van der Waals surface area contributed by atoms with Crippen molar-refractivity contribution in [3.63, 3.8) is 0 Å². The van der Waals surface area contributed by atoms with Crippen LogP contribution in [0.2, 0.25) is 0 Å². The van der Waals surface area contributed by atoms with Crippen LogP contribution in [0.1, 0.15) is 6.92 Å². The molecule has 4 nitrogen and oxygen atoms in total. The average molecular weight is 180 g/mol. The second-order valence-corrected chi connectivity index (χ2v) is 2.82. The summed E-state index contributed by atoms with van der Waals surface area (Å²) >= 11 is 5.19. The van der Waals surface area contributed by atoms with Crippen LogP contribution in [0.15, 0.2) is 18.9 Å². The van der Waals surface area contributed by atoms with Crippen molar-refractivity contribution >= 4 is 17.7 Å². The van der Waals surface area contributed by atoms with Crippen molar-refractivity contribution in [1.29, 1.82) is 0 Å². The molecule has 62 valence electrons. The normalized spacial score (nSPS) is 10.8. The summed E-state index contributed by atoms with van der Waals surface area (Å²) < 4.78 is 4.32. The van der Waals surface area contributed by atoms with Crippen molar-refractivity contribution in [2.24, 2.45) is 0 Å². The molecule has 0 aromatic carbocycles. The fourth-order valence-electron chi connectivity index (χ4n) is 1.09. The number of aromatic nitrogens is 4. The molecule has 2 rings (SSSR count). The lowest BCUT2D eigenvalue weighted by atomic mass is 10.6. The molecule has 0 amide bonds. The van der Waals surface area contributed by atoms with Crippen molar-refractivity contribution in [2.75, 3.05) is 0 Å². The van der Waals surface area contributed by atoms with Gasteiger partial charge in [0.2, 0.25) is 0 Å². The van der Waals surface area contributed by atoms with Gasteiger partial charge in [-0.25, -0.2) is 4.98 Å². The monoisotopic (exact) mass is 180 g/mol. The van der Waals surface area contributed by atoms with E-state index in [0.29, 0.717) is 0 Å². The Balaban J connectivity index is 2.88. The van der Waals surface area contributed by atoms with Gasteiger partial charge in [0.15, 0.2) is 0 Å². The maximum atomic E-state index is 5.19. The Morgan fingerprint density at radius 1 is 1.50 bits per heavy atom. The Morgan fingerprint density at radius 3 is 3.08 bits per heavy atom. The maximum Gasteiger partial charge on any atom is 0.148 e. The van der Waals surface area contributed by atoms with E-state index in [-0.39, 0.29) is 0 Å². The number of hydrogen-bond donors (Lipinski definition) is 0. The van der Waals surface area contributed by atoms with E-state index in [1.165, 1.54) is 0 Å². The standard InChI is InChI=1S/C7H8N4S/c1-2-11-7(12)6-3-8-4-10(6)5-9-11/h3-5H,2H2,1H3. The van der Waals surface area contributed by atoms with E-state index in [1.54, 1.807) is 23.5 Å². The maximum absolute atomic E-state index is 5.19. The van der Waals surface area contributed by atoms with Crippen LogP contribution in [0.5, 0.6) is 0 Å². The fourth-order valence-corrected chi connectivity index (χ4v) is 1.42. The molecule has 0 aliphatic rings. The molecule has 2 heterocycles. The third-order valence-corrected chi connectivity index (χ3v) is 2.15.